The first-order valence-electron chi connectivity index (χ1n) is 18.5. The number of carbonyl (C=O) groups excluding carboxylic acids is 3. The highest BCUT2D eigenvalue weighted by Gasteiger charge is 2.68. The Balaban J connectivity index is 1.04. The molecule has 0 unspecified atom stereocenters. The molecule has 0 spiro atoms. The van der Waals surface area contributed by atoms with Crippen LogP contribution >= 0.6 is 0 Å². The summed E-state index contributed by atoms with van der Waals surface area (Å²) in [7, 11) is 2.01. The molecule has 0 radical (unpaired) electrons. The average molecular weight is 706 g/mol. The van der Waals surface area contributed by atoms with Crippen LogP contribution in [0.15, 0.2) is 28.7 Å². The third-order valence-corrected chi connectivity index (χ3v) is 14.0. The fourth-order valence-corrected chi connectivity index (χ4v) is 11.2. The van der Waals surface area contributed by atoms with Gasteiger partial charge in [0.05, 0.1) is 23.0 Å². The number of benzene rings is 1. The van der Waals surface area contributed by atoms with Gasteiger partial charge in [0, 0.05) is 44.2 Å². The topological polar surface area (TPSA) is 139 Å². The number of allylic oxidation sites excluding steroid dienone is 1. The van der Waals surface area contributed by atoms with Gasteiger partial charge in [0.2, 0.25) is 11.2 Å². The number of Topliss-reactive ketones (excluding diaryl/α,β-unsaturated/α-hetero) is 1. The van der Waals surface area contributed by atoms with Crippen LogP contribution in [0, 0.1) is 34.4 Å². The van der Waals surface area contributed by atoms with E-state index in [9.17, 15) is 29.4 Å². The first kappa shape index (κ1) is 34.5. The molecule has 4 aliphatic carbocycles. The molecule has 3 saturated carbocycles. The van der Waals surface area contributed by atoms with Gasteiger partial charge < -0.3 is 34.1 Å². The number of rotatable bonds is 5. The highest BCUT2D eigenvalue weighted by molar-refractivity contribution is 5.99. The number of esters is 1. The second-order valence-electron chi connectivity index (χ2n) is 16.6. The number of nitrogens with zero attached hydrogens (tertiary/aromatic N) is 3. The Kier molecular flexibility index (Phi) is 8.09. The van der Waals surface area contributed by atoms with Crippen LogP contribution in [0.4, 0.5) is 10.1 Å². The van der Waals surface area contributed by atoms with Crippen LogP contribution in [-0.2, 0) is 14.3 Å². The first-order chi connectivity index (χ1) is 24.2. The van der Waals surface area contributed by atoms with Crippen molar-refractivity contribution in [2.24, 2.45) is 28.6 Å². The van der Waals surface area contributed by atoms with E-state index in [1.165, 1.54) is 6.20 Å². The van der Waals surface area contributed by atoms with E-state index < -0.39 is 46.7 Å². The summed E-state index contributed by atoms with van der Waals surface area (Å²) < 4.78 is 29.1. The minimum atomic E-state index is -1.84. The van der Waals surface area contributed by atoms with Crippen LogP contribution in [0.2, 0.25) is 0 Å². The van der Waals surface area contributed by atoms with Gasteiger partial charge in [-0.25, -0.2) is 9.18 Å². The van der Waals surface area contributed by atoms with Crippen molar-refractivity contribution in [2.45, 2.75) is 83.5 Å². The maximum atomic E-state index is 15.8. The first-order valence-corrected chi connectivity index (χ1v) is 18.5. The molecule has 51 heavy (non-hydrogen) atoms. The number of anilines is 1. The lowest BCUT2D eigenvalue weighted by atomic mass is 9.45. The Hall–Kier alpha value is -3.61. The molecule has 1 aromatic heterocycles. The summed E-state index contributed by atoms with van der Waals surface area (Å²) in [6.07, 6.45) is 6.05. The van der Waals surface area contributed by atoms with Crippen LogP contribution in [0.3, 0.4) is 0 Å². The van der Waals surface area contributed by atoms with Crippen molar-refractivity contribution in [1.29, 1.82) is 0 Å². The Morgan fingerprint density at radius 1 is 1.10 bits per heavy atom. The molecule has 274 valence electrons. The molecule has 11 nitrogen and oxygen atoms in total. The maximum absolute atomic E-state index is 15.8. The summed E-state index contributed by atoms with van der Waals surface area (Å²) >= 11 is 0. The number of hydrogen-bond acceptors (Lipinski definition) is 10. The molecule has 0 amide bonds. The third-order valence-electron chi connectivity index (χ3n) is 14.0. The van der Waals surface area contributed by atoms with Crippen molar-refractivity contribution < 1.29 is 38.5 Å². The van der Waals surface area contributed by atoms with E-state index in [1.807, 2.05) is 25.8 Å². The quantitative estimate of drug-likeness (QED) is 0.442. The number of fused-ring (bicyclic) bond motifs is 5. The van der Waals surface area contributed by atoms with Gasteiger partial charge in [0.15, 0.2) is 24.0 Å². The van der Waals surface area contributed by atoms with Gasteiger partial charge in [0.25, 0.3) is 0 Å². The second-order valence-corrected chi connectivity index (χ2v) is 16.6. The van der Waals surface area contributed by atoms with Gasteiger partial charge >= 0.3 is 5.97 Å². The summed E-state index contributed by atoms with van der Waals surface area (Å²) in [6.45, 7) is 8.05. The second kappa shape index (κ2) is 12.0. The zero-order valence-corrected chi connectivity index (χ0v) is 29.9. The van der Waals surface area contributed by atoms with Crippen molar-refractivity contribution in [3.8, 4) is 5.75 Å². The number of pyridine rings is 1. The molecule has 8 atom stereocenters. The van der Waals surface area contributed by atoms with Crippen LogP contribution in [0.1, 0.15) is 82.1 Å². The van der Waals surface area contributed by atoms with Gasteiger partial charge in [-0.05, 0) is 87.8 Å². The third kappa shape index (κ3) is 4.99. The van der Waals surface area contributed by atoms with Gasteiger partial charge in [-0.1, -0.05) is 19.4 Å². The predicted octanol–water partition coefficient (Wildman–Crippen LogP) is 3.81. The molecular formula is C39H48FN3O8. The van der Waals surface area contributed by atoms with Crippen molar-refractivity contribution in [3.05, 3.63) is 45.5 Å². The highest BCUT2D eigenvalue weighted by Crippen LogP contribution is 2.67. The Labute approximate surface area is 296 Å². The molecule has 12 heteroatoms. The van der Waals surface area contributed by atoms with E-state index in [0.717, 1.165) is 37.6 Å². The molecule has 3 heterocycles. The van der Waals surface area contributed by atoms with Crippen molar-refractivity contribution in [3.63, 3.8) is 0 Å². The molecule has 1 saturated heterocycles. The van der Waals surface area contributed by atoms with Crippen LogP contribution in [-0.4, -0.2) is 95.4 Å². The monoisotopic (exact) mass is 705 g/mol. The molecule has 1 aromatic carbocycles. The van der Waals surface area contributed by atoms with Crippen molar-refractivity contribution >= 4 is 34.1 Å². The fourth-order valence-electron chi connectivity index (χ4n) is 11.2. The summed E-state index contributed by atoms with van der Waals surface area (Å²) in [4.78, 5) is 57.6. The zero-order chi connectivity index (χ0) is 36.2. The average Bonchev–Trinajstić information content (AvgIpc) is 3.36. The number of ketones is 2. The highest BCUT2D eigenvalue weighted by atomic mass is 19.1. The largest absolute Gasteiger partial charge is 0.487 e. The molecule has 6 aliphatic rings. The molecule has 4 fully saturated rings. The number of hydrogen-bond donors (Lipinski definition) is 2. The van der Waals surface area contributed by atoms with Crippen LogP contribution in [0.5, 0.6) is 5.75 Å². The fraction of sp³-hybridized carbons (Fsp3) is 0.641. The van der Waals surface area contributed by atoms with Crippen molar-refractivity contribution in [2.75, 3.05) is 51.3 Å². The molecule has 8 rings (SSSR count). The Bertz CT molecular complexity index is 1930. The smallest absolute Gasteiger partial charge is 0.344 e. The SMILES string of the molecule is C[C@H]1COc2c(N3CCN(C)CC3)c(F)cc3c(=O)c(C(=O)OCC(=O)[C@@]4(O)CC[C@H]5[C@@H]6CCC7=CC(=O)CC[C@]7(C)[C@H]6[C@@H](O)C[C@@]54C)cn1c23. The van der Waals surface area contributed by atoms with E-state index in [0.29, 0.717) is 43.6 Å². The predicted molar refractivity (Wildman–Crippen MR) is 186 cm³/mol. The standard InChI is InChI=1S/C39H48FN3O8/c1-21-19-50-35-32-25(16-28(40)33(35)42-13-11-41(4)12-14-42)34(47)26(18-43(21)32)36(48)51-20-30(46)39(49)10-8-27-24-6-5-22-15-23(44)7-9-37(22,2)31(24)29(45)17-38(27,39)3/h15-16,18,21,24,27,29,31,45,49H,5-14,17,19-20H2,1-4H3/t21-,24-,27-,29-,31+,37-,38-,39-/m0/s1. The maximum Gasteiger partial charge on any atom is 0.344 e. The Morgan fingerprint density at radius 2 is 1.84 bits per heavy atom. The van der Waals surface area contributed by atoms with E-state index >= 15 is 4.39 Å². The van der Waals surface area contributed by atoms with Gasteiger partial charge in [0.1, 0.15) is 23.5 Å². The lowest BCUT2D eigenvalue weighted by molar-refractivity contribution is -0.182. The van der Waals surface area contributed by atoms with Crippen molar-refractivity contribution in [1.82, 2.24) is 9.47 Å². The summed E-state index contributed by atoms with van der Waals surface area (Å²) in [5, 5.41) is 23.8. The Morgan fingerprint density at radius 3 is 2.59 bits per heavy atom. The van der Waals surface area contributed by atoms with E-state index in [4.69, 9.17) is 9.47 Å². The number of piperazine rings is 1. The number of ether oxygens (including phenoxy) is 2. The minimum absolute atomic E-state index is 0.00950. The van der Waals surface area contributed by atoms with E-state index in [1.54, 1.807) is 10.6 Å². The normalized spacial score (nSPS) is 36.1. The molecule has 2 aliphatic heterocycles. The van der Waals surface area contributed by atoms with Crippen LogP contribution in [0.25, 0.3) is 10.9 Å². The number of carbonyl (C=O) groups is 3. The molecule has 2 N–H and O–H groups in total. The summed E-state index contributed by atoms with van der Waals surface area (Å²) in [5.41, 5.74) is -2.31. The zero-order valence-electron chi connectivity index (χ0n) is 29.9. The number of aliphatic hydroxyl groups is 2. The van der Waals surface area contributed by atoms with Gasteiger partial charge in [-0.3, -0.25) is 14.4 Å². The molecule has 2 aromatic rings. The number of halogens is 1. The van der Waals surface area contributed by atoms with Gasteiger partial charge in [-0.2, -0.15) is 0 Å². The van der Waals surface area contributed by atoms with E-state index in [2.05, 4.69) is 11.8 Å². The molecular weight excluding hydrogens is 657 g/mol. The number of likely N-dealkylation sites (N-methyl/N-ethyl adjacent to an activating group) is 1. The van der Waals surface area contributed by atoms with E-state index in [-0.39, 0.29) is 71.1 Å². The van der Waals surface area contributed by atoms with Gasteiger partial charge in [-0.15, -0.1) is 0 Å². The lowest BCUT2D eigenvalue weighted by Crippen LogP contribution is -2.62. The minimum Gasteiger partial charge on any atom is -0.487 e. The molecule has 0 bridgehead atoms. The number of aromatic nitrogens is 1. The lowest BCUT2D eigenvalue weighted by Gasteiger charge is -2.60. The number of aliphatic hydroxyl groups excluding tert-OH is 1. The van der Waals surface area contributed by atoms with Crippen LogP contribution < -0.4 is 15.1 Å². The summed E-state index contributed by atoms with van der Waals surface area (Å²) in [6, 6.07) is 0.883. The summed E-state index contributed by atoms with van der Waals surface area (Å²) in [5.74, 6) is -1.92.